The standard InChI is InChI=1S/C21H31N3O4/c1-4-27-20(26)13-28-21(2,3)17-10-19-15(9-18(17)22)11-24(23-19)16-7-5-14(12-25)6-8-16/h9-11,14,16,25H,4-8,12-13,22H2,1-3H3/t14-,16-. The summed E-state index contributed by atoms with van der Waals surface area (Å²) in [6.45, 7) is 6.01. The van der Waals surface area contributed by atoms with Gasteiger partial charge in [-0.3, -0.25) is 4.68 Å². The van der Waals surface area contributed by atoms with E-state index in [4.69, 9.17) is 20.3 Å². The van der Waals surface area contributed by atoms with Crippen molar-refractivity contribution >= 4 is 22.6 Å². The lowest BCUT2D eigenvalue weighted by atomic mass is 9.87. The van der Waals surface area contributed by atoms with Crippen LogP contribution in [-0.2, 0) is 19.9 Å². The van der Waals surface area contributed by atoms with Gasteiger partial charge in [-0.15, -0.1) is 0 Å². The predicted molar refractivity (Wildman–Crippen MR) is 108 cm³/mol. The summed E-state index contributed by atoms with van der Waals surface area (Å²) in [5, 5.41) is 15.1. The maximum absolute atomic E-state index is 11.6. The highest BCUT2D eigenvalue weighted by molar-refractivity contribution is 5.83. The van der Waals surface area contributed by atoms with Crippen LogP contribution in [0.5, 0.6) is 0 Å². The largest absolute Gasteiger partial charge is 0.464 e. The van der Waals surface area contributed by atoms with Crippen LogP contribution >= 0.6 is 0 Å². The number of esters is 1. The number of rotatable bonds is 7. The Labute approximate surface area is 165 Å². The molecule has 1 aromatic carbocycles. The van der Waals surface area contributed by atoms with Crippen molar-refractivity contribution in [2.45, 2.75) is 58.1 Å². The molecule has 0 radical (unpaired) electrons. The first kappa shape index (κ1) is 20.6. The quantitative estimate of drug-likeness (QED) is 0.557. The number of aliphatic hydroxyl groups is 1. The van der Waals surface area contributed by atoms with Crippen molar-refractivity contribution in [2.24, 2.45) is 5.92 Å². The minimum atomic E-state index is -0.742. The Bertz CT molecular complexity index is 822. The molecule has 154 valence electrons. The third-order valence-electron chi connectivity index (χ3n) is 5.65. The molecule has 2 aromatic rings. The lowest BCUT2D eigenvalue weighted by Gasteiger charge is -2.27. The molecule has 0 atom stereocenters. The Hall–Kier alpha value is -2.12. The molecule has 1 aliphatic rings. The molecule has 0 bridgehead atoms. The summed E-state index contributed by atoms with van der Waals surface area (Å²) in [7, 11) is 0. The molecule has 3 rings (SSSR count). The number of aromatic nitrogens is 2. The zero-order valence-electron chi connectivity index (χ0n) is 17.0. The van der Waals surface area contributed by atoms with Gasteiger partial charge in [-0.25, -0.2) is 4.79 Å². The predicted octanol–water partition coefficient (Wildman–Crippen LogP) is 3.16. The minimum absolute atomic E-state index is 0.124. The molecular weight excluding hydrogens is 358 g/mol. The van der Waals surface area contributed by atoms with Crippen LogP contribution in [0.15, 0.2) is 18.3 Å². The molecule has 7 nitrogen and oxygen atoms in total. The van der Waals surface area contributed by atoms with Crippen molar-refractivity contribution in [3.63, 3.8) is 0 Å². The first-order chi connectivity index (χ1) is 13.3. The van der Waals surface area contributed by atoms with E-state index < -0.39 is 11.6 Å². The molecule has 1 heterocycles. The summed E-state index contributed by atoms with van der Waals surface area (Å²) in [5.41, 5.74) is 7.84. The second kappa shape index (κ2) is 8.49. The van der Waals surface area contributed by atoms with Gasteiger partial charge in [0.2, 0.25) is 0 Å². The van der Waals surface area contributed by atoms with Crippen molar-refractivity contribution in [3.8, 4) is 0 Å². The average Bonchev–Trinajstić information content (AvgIpc) is 3.09. The minimum Gasteiger partial charge on any atom is -0.464 e. The van der Waals surface area contributed by atoms with Crippen LogP contribution in [-0.4, -0.2) is 40.7 Å². The number of benzene rings is 1. The number of hydrogen-bond acceptors (Lipinski definition) is 6. The Morgan fingerprint density at radius 1 is 1.32 bits per heavy atom. The summed E-state index contributed by atoms with van der Waals surface area (Å²) in [6, 6.07) is 4.22. The Kier molecular flexibility index (Phi) is 6.25. The van der Waals surface area contributed by atoms with Gasteiger partial charge in [-0.2, -0.15) is 5.10 Å². The number of aliphatic hydroxyl groups excluding tert-OH is 1. The Morgan fingerprint density at radius 2 is 2.04 bits per heavy atom. The zero-order valence-corrected chi connectivity index (χ0v) is 17.0. The number of fused-ring (bicyclic) bond motifs is 1. The molecule has 0 unspecified atom stereocenters. The van der Waals surface area contributed by atoms with E-state index in [2.05, 4.69) is 0 Å². The van der Waals surface area contributed by atoms with Crippen LogP contribution < -0.4 is 5.73 Å². The summed E-state index contributed by atoms with van der Waals surface area (Å²) in [6.07, 6.45) is 6.15. The molecular formula is C21H31N3O4. The van der Waals surface area contributed by atoms with Gasteiger partial charge < -0.3 is 20.3 Å². The second-order valence-corrected chi connectivity index (χ2v) is 8.07. The first-order valence-corrected chi connectivity index (χ1v) is 10.0. The highest BCUT2D eigenvalue weighted by Gasteiger charge is 2.27. The van der Waals surface area contributed by atoms with E-state index in [0.717, 1.165) is 42.1 Å². The molecule has 28 heavy (non-hydrogen) atoms. The smallest absolute Gasteiger partial charge is 0.332 e. The number of ether oxygens (including phenoxy) is 2. The number of nitrogen functional groups attached to an aromatic ring is 1. The van der Waals surface area contributed by atoms with Gasteiger partial charge >= 0.3 is 5.97 Å². The fraction of sp³-hybridized carbons (Fsp3) is 0.619. The van der Waals surface area contributed by atoms with E-state index in [0.29, 0.717) is 24.3 Å². The van der Waals surface area contributed by atoms with Crippen LogP contribution in [0, 0.1) is 5.92 Å². The molecule has 7 heteroatoms. The number of hydrogen-bond donors (Lipinski definition) is 2. The summed E-state index contributed by atoms with van der Waals surface area (Å²) < 4.78 is 12.8. The zero-order chi connectivity index (χ0) is 20.3. The van der Waals surface area contributed by atoms with Crippen molar-refractivity contribution in [2.75, 3.05) is 25.6 Å². The van der Waals surface area contributed by atoms with Crippen molar-refractivity contribution in [1.82, 2.24) is 9.78 Å². The number of anilines is 1. The molecule has 3 N–H and O–H groups in total. The lowest BCUT2D eigenvalue weighted by Crippen LogP contribution is -2.27. The molecule has 0 aliphatic heterocycles. The molecule has 1 aromatic heterocycles. The summed E-state index contributed by atoms with van der Waals surface area (Å²) in [4.78, 5) is 11.6. The SMILES string of the molecule is CCOC(=O)COC(C)(C)c1cc2nn([C@H]3CC[C@H](CO)CC3)cc2cc1N. The maximum atomic E-state index is 11.6. The average molecular weight is 389 g/mol. The van der Waals surface area contributed by atoms with Crippen LogP contribution in [0.4, 0.5) is 5.69 Å². The summed E-state index contributed by atoms with van der Waals surface area (Å²) in [5.74, 6) is 0.0267. The molecule has 0 amide bonds. The van der Waals surface area contributed by atoms with E-state index in [-0.39, 0.29) is 13.2 Å². The van der Waals surface area contributed by atoms with Crippen LogP contribution in [0.25, 0.3) is 10.9 Å². The molecule has 1 aliphatic carbocycles. The molecule has 1 saturated carbocycles. The number of carbonyl (C=O) groups is 1. The Morgan fingerprint density at radius 3 is 2.68 bits per heavy atom. The van der Waals surface area contributed by atoms with Crippen molar-refractivity contribution in [3.05, 3.63) is 23.9 Å². The fourth-order valence-corrected chi connectivity index (χ4v) is 3.93. The molecule has 0 saturated heterocycles. The van der Waals surface area contributed by atoms with Gasteiger partial charge in [0.1, 0.15) is 6.61 Å². The van der Waals surface area contributed by atoms with Gasteiger partial charge in [-0.1, -0.05) is 0 Å². The van der Waals surface area contributed by atoms with Crippen molar-refractivity contribution in [1.29, 1.82) is 0 Å². The second-order valence-electron chi connectivity index (χ2n) is 8.07. The number of nitrogens with two attached hydrogens (primary N) is 1. The number of carbonyl (C=O) groups excluding carboxylic acids is 1. The van der Waals surface area contributed by atoms with Gasteiger partial charge in [-0.05, 0) is 64.5 Å². The molecule has 0 spiro atoms. The van der Waals surface area contributed by atoms with Crippen LogP contribution in [0.3, 0.4) is 0 Å². The Balaban J connectivity index is 1.79. The van der Waals surface area contributed by atoms with E-state index in [1.54, 1.807) is 6.92 Å². The topological polar surface area (TPSA) is 99.6 Å². The van der Waals surface area contributed by atoms with Gasteiger partial charge in [0.15, 0.2) is 0 Å². The van der Waals surface area contributed by atoms with E-state index in [1.165, 1.54) is 0 Å². The normalized spacial score (nSPS) is 20.4. The van der Waals surface area contributed by atoms with E-state index >= 15 is 0 Å². The first-order valence-electron chi connectivity index (χ1n) is 10.0. The maximum Gasteiger partial charge on any atom is 0.332 e. The van der Waals surface area contributed by atoms with Crippen molar-refractivity contribution < 1.29 is 19.4 Å². The highest BCUT2D eigenvalue weighted by atomic mass is 16.6. The van der Waals surface area contributed by atoms with Gasteiger partial charge in [0.05, 0.1) is 23.8 Å². The highest BCUT2D eigenvalue weighted by Crippen LogP contribution is 2.35. The summed E-state index contributed by atoms with van der Waals surface area (Å²) >= 11 is 0. The fourth-order valence-electron chi connectivity index (χ4n) is 3.93. The van der Waals surface area contributed by atoms with Crippen LogP contribution in [0.2, 0.25) is 0 Å². The van der Waals surface area contributed by atoms with E-state index in [1.807, 2.05) is 36.9 Å². The van der Waals surface area contributed by atoms with Crippen LogP contribution in [0.1, 0.15) is 58.1 Å². The lowest BCUT2D eigenvalue weighted by molar-refractivity contribution is -0.154. The third kappa shape index (κ3) is 4.47. The molecule has 1 fully saturated rings. The monoisotopic (exact) mass is 389 g/mol. The third-order valence-corrected chi connectivity index (χ3v) is 5.65. The van der Waals surface area contributed by atoms with Gasteiger partial charge in [0.25, 0.3) is 0 Å². The van der Waals surface area contributed by atoms with E-state index in [9.17, 15) is 9.90 Å². The number of nitrogens with zero attached hydrogens (tertiary/aromatic N) is 2. The van der Waals surface area contributed by atoms with Gasteiger partial charge in [0, 0.05) is 29.4 Å².